The first-order valence-electron chi connectivity index (χ1n) is 9.23. The van der Waals surface area contributed by atoms with E-state index < -0.39 is 40.7 Å². The molecule has 1 fully saturated rings. The first-order chi connectivity index (χ1) is 14.0. The topological polar surface area (TPSA) is 61.5 Å². The van der Waals surface area contributed by atoms with Crippen molar-refractivity contribution in [1.29, 1.82) is 0 Å². The van der Waals surface area contributed by atoms with Crippen LogP contribution in [0.25, 0.3) is 0 Å². The molecule has 2 aromatic carbocycles. The Balaban J connectivity index is 1.67. The van der Waals surface area contributed by atoms with E-state index in [0.717, 1.165) is 6.08 Å². The molecule has 160 valence electrons. The van der Waals surface area contributed by atoms with E-state index in [1.165, 1.54) is 0 Å². The maximum Gasteiger partial charge on any atom is 0.426 e. The van der Waals surface area contributed by atoms with Crippen LogP contribution >= 0.6 is 11.6 Å². The lowest BCUT2D eigenvalue weighted by Crippen LogP contribution is -2.21. The molecular formula is C22H21ClF3NO3. The number of nitrogens with two attached hydrogens (primary N) is 1. The van der Waals surface area contributed by atoms with E-state index in [2.05, 4.69) is 0 Å². The minimum atomic E-state index is -4.65. The Morgan fingerprint density at radius 2 is 1.77 bits per heavy atom. The molecule has 1 aliphatic rings. The SMILES string of the molecule is CC1(C)[C@H](/C=C(\Cl)C(F)(F)F)[C@@H]1C(=O)OC(N)c1cccc(Oc2ccccc2)c1. The van der Waals surface area contributed by atoms with Crippen LogP contribution in [0.3, 0.4) is 0 Å². The number of benzene rings is 2. The molecule has 1 aliphatic carbocycles. The van der Waals surface area contributed by atoms with Gasteiger partial charge in [-0.15, -0.1) is 0 Å². The molecule has 0 bridgehead atoms. The molecule has 30 heavy (non-hydrogen) atoms. The summed E-state index contributed by atoms with van der Waals surface area (Å²) in [5, 5.41) is -1.24. The number of rotatable bonds is 6. The van der Waals surface area contributed by atoms with E-state index in [0.29, 0.717) is 17.1 Å². The number of allylic oxidation sites excluding steroid dienone is 2. The quantitative estimate of drug-likeness (QED) is 0.447. The number of hydrogen-bond acceptors (Lipinski definition) is 4. The highest BCUT2D eigenvalue weighted by Crippen LogP contribution is 2.60. The molecule has 0 heterocycles. The standard InChI is InChI=1S/C22H21ClF3NO3/c1-21(2)16(12-17(23)22(24,25)26)18(21)20(28)30-19(27)13-7-6-10-15(11-13)29-14-8-4-3-5-9-14/h3-12,16,18-19H,27H2,1-2H3/b17-12-/t16-,18-,19?/m1/s1. The van der Waals surface area contributed by atoms with Gasteiger partial charge in [-0.05, 0) is 35.6 Å². The first-order valence-corrected chi connectivity index (χ1v) is 9.61. The number of hydrogen-bond donors (Lipinski definition) is 1. The number of halogens is 4. The molecule has 0 aliphatic heterocycles. The highest BCUT2D eigenvalue weighted by molar-refractivity contribution is 6.30. The molecule has 2 N–H and O–H groups in total. The summed E-state index contributed by atoms with van der Waals surface area (Å²) in [4.78, 5) is 12.5. The second kappa shape index (κ2) is 8.32. The van der Waals surface area contributed by atoms with Crippen LogP contribution in [-0.2, 0) is 9.53 Å². The van der Waals surface area contributed by atoms with Gasteiger partial charge in [-0.1, -0.05) is 61.9 Å². The molecular weight excluding hydrogens is 419 g/mol. The van der Waals surface area contributed by atoms with E-state index >= 15 is 0 Å². The van der Waals surface area contributed by atoms with E-state index in [1.807, 2.05) is 18.2 Å². The summed E-state index contributed by atoms with van der Waals surface area (Å²) < 4.78 is 49.1. The van der Waals surface area contributed by atoms with Gasteiger partial charge < -0.3 is 9.47 Å². The molecule has 3 rings (SSSR count). The maximum absolute atomic E-state index is 12.7. The third kappa shape index (κ3) is 4.96. The highest BCUT2D eigenvalue weighted by Gasteiger charge is 2.62. The number of ether oxygens (including phenoxy) is 2. The van der Waals surface area contributed by atoms with Gasteiger partial charge in [0, 0.05) is 5.56 Å². The van der Waals surface area contributed by atoms with Crippen LogP contribution < -0.4 is 10.5 Å². The van der Waals surface area contributed by atoms with Gasteiger partial charge in [-0.2, -0.15) is 13.2 Å². The van der Waals surface area contributed by atoms with Gasteiger partial charge in [0.05, 0.1) is 5.92 Å². The van der Waals surface area contributed by atoms with Crippen LogP contribution in [0.1, 0.15) is 25.6 Å². The summed E-state index contributed by atoms with van der Waals surface area (Å²) in [6.07, 6.45) is -4.87. The van der Waals surface area contributed by atoms with Crippen molar-refractivity contribution in [3.05, 3.63) is 71.3 Å². The molecule has 0 saturated heterocycles. The lowest BCUT2D eigenvalue weighted by atomic mass is 10.1. The summed E-state index contributed by atoms with van der Waals surface area (Å²) in [5.74, 6) is -0.969. The molecule has 1 saturated carbocycles. The third-order valence-electron chi connectivity index (χ3n) is 5.17. The minimum absolute atomic E-state index is 0.496. The van der Waals surface area contributed by atoms with Gasteiger partial charge in [0.2, 0.25) is 0 Å². The summed E-state index contributed by atoms with van der Waals surface area (Å²) in [6, 6.07) is 15.9. The predicted molar refractivity (Wildman–Crippen MR) is 107 cm³/mol. The van der Waals surface area contributed by atoms with Gasteiger partial charge in [0.25, 0.3) is 0 Å². The maximum atomic E-state index is 12.7. The van der Waals surface area contributed by atoms with Crippen LogP contribution in [0, 0.1) is 17.3 Å². The smallest absolute Gasteiger partial charge is 0.426 e. The number of esters is 1. The first kappa shape index (κ1) is 22.2. The van der Waals surface area contributed by atoms with Gasteiger partial charge in [0.15, 0.2) is 6.23 Å². The summed E-state index contributed by atoms with van der Waals surface area (Å²) in [7, 11) is 0. The number of carbonyl (C=O) groups is 1. The van der Waals surface area contributed by atoms with Crippen LogP contribution in [0.15, 0.2) is 65.7 Å². The second-order valence-corrected chi connectivity index (χ2v) is 8.09. The normalized spacial score (nSPS) is 21.6. The average Bonchev–Trinajstić information content (AvgIpc) is 3.22. The Bertz CT molecular complexity index is 944. The van der Waals surface area contributed by atoms with E-state index in [-0.39, 0.29) is 0 Å². The van der Waals surface area contributed by atoms with Crippen molar-refractivity contribution in [1.82, 2.24) is 0 Å². The van der Waals surface area contributed by atoms with Crippen molar-refractivity contribution in [3.63, 3.8) is 0 Å². The van der Waals surface area contributed by atoms with Gasteiger partial charge >= 0.3 is 12.1 Å². The Morgan fingerprint density at radius 3 is 2.40 bits per heavy atom. The predicted octanol–water partition coefficient (Wildman–Crippen LogP) is 5.94. The van der Waals surface area contributed by atoms with E-state index in [1.54, 1.807) is 50.2 Å². The largest absolute Gasteiger partial charge is 0.457 e. The van der Waals surface area contributed by atoms with Crippen LogP contribution in [0.5, 0.6) is 11.5 Å². The third-order valence-corrected chi connectivity index (χ3v) is 5.51. The molecule has 0 aromatic heterocycles. The number of alkyl halides is 3. The molecule has 2 aromatic rings. The Labute approximate surface area is 177 Å². The van der Waals surface area contributed by atoms with Crippen molar-refractivity contribution >= 4 is 17.6 Å². The van der Waals surface area contributed by atoms with Crippen LogP contribution in [0.4, 0.5) is 13.2 Å². The fraction of sp³-hybridized carbons (Fsp3) is 0.318. The zero-order valence-corrected chi connectivity index (χ0v) is 17.1. The molecule has 0 amide bonds. The Hall–Kier alpha value is -2.51. The zero-order valence-electron chi connectivity index (χ0n) is 16.3. The van der Waals surface area contributed by atoms with Crippen LogP contribution in [0.2, 0.25) is 0 Å². The van der Waals surface area contributed by atoms with E-state index in [9.17, 15) is 18.0 Å². The molecule has 4 nitrogen and oxygen atoms in total. The van der Waals surface area contributed by atoms with Crippen LogP contribution in [-0.4, -0.2) is 12.1 Å². The molecule has 0 radical (unpaired) electrons. The lowest BCUT2D eigenvalue weighted by molar-refractivity contribution is -0.151. The fourth-order valence-corrected chi connectivity index (χ4v) is 3.47. The molecule has 8 heteroatoms. The summed E-state index contributed by atoms with van der Waals surface area (Å²) >= 11 is 5.32. The molecule has 0 spiro atoms. The van der Waals surface area contributed by atoms with Crippen molar-refractivity contribution in [2.45, 2.75) is 26.3 Å². The highest BCUT2D eigenvalue weighted by atomic mass is 35.5. The Morgan fingerprint density at radius 1 is 1.13 bits per heavy atom. The average molecular weight is 440 g/mol. The second-order valence-electron chi connectivity index (χ2n) is 7.68. The molecule has 1 unspecified atom stereocenters. The van der Waals surface area contributed by atoms with Gasteiger partial charge in [-0.25, -0.2) is 0 Å². The van der Waals surface area contributed by atoms with Gasteiger partial charge in [0.1, 0.15) is 16.5 Å². The number of carbonyl (C=O) groups excluding carboxylic acids is 1. The van der Waals surface area contributed by atoms with Crippen molar-refractivity contribution in [2.75, 3.05) is 0 Å². The monoisotopic (exact) mass is 439 g/mol. The lowest BCUT2D eigenvalue weighted by Gasteiger charge is -2.15. The minimum Gasteiger partial charge on any atom is -0.457 e. The molecule has 3 atom stereocenters. The van der Waals surface area contributed by atoms with Crippen molar-refractivity contribution < 1.29 is 27.4 Å². The van der Waals surface area contributed by atoms with Gasteiger partial charge in [-0.3, -0.25) is 10.5 Å². The zero-order chi connectivity index (χ0) is 22.1. The fourth-order valence-electron chi connectivity index (χ4n) is 3.34. The summed E-state index contributed by atoms with van der Waals surface area (Å²) in [5.41, 5.74) is 5.80. The number of para-hydroxylation sites is 1. The van der Waals surface area contributed by atoms with E-state index in [4.69, 9.17) is 26.8 Å². The Kier molecular flexibility index (Phi) is 6.15. The summed E-state index contributed by atoms with van der Waals surface area (Å²) in [6.45, 7) is 3.36. The van der Waals surface area contributed by atoms with Crippen molar-refractivity contribution in [2.24, 2.45) is 23.0 Å². The van der Waals surface area contributed by atoms with Crippen molar-refractivity contribution in [3.8, 4) is 11.5 Å².